The molecule has 7 heteroatoms. The maximum atomic E-state index is 12.5. The van der Waals surface area contributed by atoms with Crippen LogP contribution in [0.25, 0.3) is 0 Å². The van der Waals surface area contributed by atoms with Crippen LogP contribution in [0.2, 0.25) is 0 Å². The maximum absolute atomic E-state index is 12.5. The highest BCUT2D eigenvalue weighted by Crippen LogP contribution is 2.61. The zero-order chi connectivity index (χ0) is 17.1. The van der Waals surface area contributed by atoms with Gasteiger partial charge in [-0.15, -0.1) is 0 Å². The van der Waals surface area contributed by atoms with E-state index in [1.165, 1.54) is 18.7 Å². The third-order valence-electron chi connectivity index (χ3n) is 5.29. The van der Waals surface area contributed by atoms with E-state index >= 15 is 0 Å². The monoisotopic (exact) mass is 313 g/mol. The van der Waals surface area contributed by atoms with Crippen molar-refractivity contribution in [1.29, 1.82) is 0 Å². The van der Waals surface area contributed by atoms with Gasteiger partial charge in [-0.1, -0.05) is 0 Å². The first-order valence-corrected chi connectivity index (χ1v) is 7.35. The van der Waals surface area contributed by atoms with Gasteiger partial charge in [0.25, 0.3) is 0 Å². The zero-order valence-electron chi connectivity index (χ0n) is 13.5. The molecule has 2 aliphatic heterocycles. The second kappa shape index (κ2) is 4.60. The van der Waals surface area contributed by atoms with Crippen molar-refractivity contribution in [3.05, 3.63) is 0 Å². The van der Waals surface area contributed by atoms with Gasteiger partial charge in [0.05, 0.1) is 12.1 Å². The lowest BCUT2D eigenvalue weighted by atomic mass is 9.57. The number of amides is 1. The third kappa shape index (κ3) is 1.90. The number of nitrogens with zero attached hydrogens (tertiary/aromatic N) is 1. The van der Waals surface area contributed by atoms with Crippen molar-refractivity contribution >= 4 is 18.0 Å². The summed E-state index contributed by atoms with van der Waals surface area (Å²) in [6.07, 6.45) is 0.294. The average molecular weight is 313 g/mol. The van der Waals surface area contributed by atoms with E-state index in [-0.39, 0.29) is 0 Å². The number of hydrogen-bond acceptors (Lipinski definition) is 4. The van der Waals surface area contributed by atoms with Crippen molar-refractivity contribution in [2.24, 2.45) is 10.8 Å². The van der Waals surface area contributed by atoms with Crippen molar-refractivity contribution in [2.75, 3.05) is 0 Å². The third-order valence-corrected chi connectivity index (χ3v) is 5.29. The number of carbonyl (C=O) groups excluding carboxylic acids is 1. The maximum Gasteiger partial charge on any atom is 0.410 e. The Morgan fingerprint density at radius 1 is 1.00 bits per heavy atom. The van der Waals surface area contributed by atoms with E-state index in [0.717, 1.165) is 0 Å². The van der Waals surface area contributed by atoms with E-state index in [9.17, 15) is 24.6 Å². The Morgan fingerprint density at radius 3 is 1.64 bits per heavy atom. The van der Waals surface area contributed by atoms with Crippen LogP contribution in [-0.4, -0.2) is 50.8 Å². The van der Waals surface area contributed by atoms with Crippen LogP contribution in [0.3, 0.4) is 0 Å². The lowest BCUT2D eigenvalue weighted by Crippen LogP contribution is -2.55. The Balaban J connectivity index is 2.48. The molecule has 2 unspecified atom stereocenters. The predicted molar refractivity (Wildman–Crippen MR) is 76.4 cm³/mol. The van der Waals surface area contributed by atoms with Crippen molar-refractivity contribution in [1.82, 2.24) is 4.90 Å². The van der Waals surface area contributed by atoms with Gasteiger partial charge in [-0.25, -0.2) is 4.79 Å². The molecule has 0 aromatic rings. The molecule has 0 saturated carbocycles. The van der Waals surface area contributed by atoms with Crippen LogP contribution in [0.1, 0.15) is 47.5 Å². The molecule has 2 N–H and O–H groups in total. The molecule has 0 radical (unpaired) electrons. The molecular weight excluding hydrogens is 290 g/mol. The largest absolute Gasteiger partial charge is 0.481 e. The van der Waals surface area contributed by atoms with E-state index in [2.05, 4.69) is 0 Å². The smallest absolute Gasteiger partial charge is 0.410 e. The molecule has 0 aromatic heterocycles. The fourth-order valence-electron chi connectivity index (χ4n) is 3.94. The summed E-state index contributed by atoms with van der Waals surface area (Å²) < 4.78 is 5.35. The summed E-state index contributed by atoms with van der Waals surface area (Å²) >= 11 is 0. The fourth-order valence-corrected chi connectivity index (χ4v) is 3.94. The van der Waals surface area contributed by atoms with Crippen LogP contribution in [0.5, 0.6) is 0 Å². The molecule has 2 heterocycles. The van der Waals surface area contributed by atoms with Gasteiger partial charge >= 0.3 is 18.0 Å². The quantitative estimate of drug-likeness (QED) is 0.807. The molecule has 2 saturated heterocycles. The first-order valence-electron chi connectivity index (χ1n) is 7.35. The number of fused-ring (bicyclic) bond motifs is 2. The molecule has 22 heavy (non-hydrogen) atoms. The van der Waals surface area contributed by atoms with E-state index in [1.807, 2.05) is 0 Å². The Labute approximate surface area is 129 Å². The number of carboxylic acid groups (broad SMARTS) is 2. The predicted octanol–water partition coefficient (Wildman–Crippen LogP) is 1.95. The average Bonchev–Trinajstić information content (AvgIpc) is 2.85. The molecule has 1 amide bonds. The van der Waals surface area contributed by atoms with Gasteiger partial charge in [0.15, 0.2) is 0 Å². The number of hydrogen-bond donors (Lipinski definition) is 2. The van der Waals surface area contributed by atoms with E-state index < -0.39 is 46.5 Å². The summed E-state index contributed by atoms with van der Waals surface area (Å²) in [6.45, 7) is 8.00. The standard InChI is InChI=1S/C15H23NO6/c1-13(2,3)22-12(21)16-8-6-7-9(16)15(5,11(19)20)14(8,4)10(17)18/h8-9H,6-7H2,1-5H3,(H,17,18)(H,19,20)/t8-,9+,14?,15?. The highest BCUT2D eigenvalue weighted by molar-refractivity contribution is 5.91. The number of aliphatic carboxylic acids is 2. The molecular formula is C15H23NO6. The number of carbonyl (C=O) groups is 3. The highest BCUT2D eigenvalue weighted by Gasteiger charge is 2.75. The molecule has 0 aromatic carbocycles. The summed E-state index contributed by atoms with van der Waals surface area (Å²) in [7, 11) is 0. The van der Waals surface area contributed by atoms with Crippen LogP contribution < -0.4 is 0 Å². The Hall–Kier alpha value is -1.79. The second-order valence-electron chi connectivity index (χ2n) is 7.51. The van der Waals surface area contributed by atoms with Gasteiger partial charge in [-0.3, -0.25) is 14.5 Å². The van der Waals surface area contributed by atoms with Gasteiger partial charge in [0.2, 0.25) is 0 Å². The van der Waals surface area contributed by atoms with E-state index in [1.54, 1.807) is 20.8 Å². The number of rotatable bonds is 2. The second-order valence-corrected chi connectivity index (χ2v) is 7.51. The van der Waals surface area contributed by atoms with Crippen LogP contribution in [-0.2, 0) is 14.3 Å². The summed E-state index contributed by atoms with van der Waals surface area (Å²) in [5.41, 5.74) is -3.81. The van der Waals surface area contributed by atoms with Crippen LogP contribution in [0.15, 0.2) is 0 Å². The lowest BCUT2D eigenvalue weighted by Gasteiger charge is -2.40. The molecule has 7 nitrogen and oxygen atoms in total. The normalized spacial score (nSPS) is 37.2. The Morgan fingerprint density at radius 2 is 1.36 bits per heavy atom. The van der Waals surface area contributed by atoms with Crippen molar-refractivity contribution < 1.29 is 29.3 Å². The zero-order valence-corrected chi connectivity index (χ0v) is 13.5. The molecule has 2 fully saturated rings. The topological polar surface area (TPSA) is 104 Å². The molecule has 4 atom stereocenters. The summed E-state index contributed by atoms with van der Waals surface area (Å²) in [5.74, 6) is -2.39. The summed E-state index contributed by atoms with van der Waals surface area (Å²) in [5, 5.41) is 19.3. The van der Waals surface area contributed by atoms with Crippen molar-refractivity contribution in [2.45, 2.75) is 65.1 Å². The molecule has 0 spiro atoms. The first kappa shape index (κ1) is 16.6. The first-order chi connectivity index (χ1) is 9.87. The van der Waals surface area contributed by atoms with Crippen LogP contribution in [0, 0.1) is 10.8 Å². The van der Waals surface area contributed by atoms with Gasteiger partial charge < -0.3 is 14.9 Å². The van der Waals surface area contributed by atoms with Crippen molar-refractivity contribution in [3.8, 4) is 0 Å². The Kier molecular flexibility index (Phi) is 3.47. The van der Waals surface area contributed by atoms with Crippen molar-refractivity contribution in [3.63, 3.8) is 0 Å². The molecule has 2 bridgehead atoms. The van der Waals surface area contributed by atoms with Gasteiger partial charge in [-0.2, -0.15) is 0 Å². The fraction of sp³-hybridized carbons (Fsp3) is 0.800. The summed E-state index contributed by atoms with van der Waals surface area (Å²) in [6, 6.07) is -1.35. The molecule has 124 valence electrons. The number of ether oxygens (including phenoxy) is 1. The van der Waals surface area contributed by atoms with Gasteiger partial charge in [-0.05, 0) is 47.5 Å². The SMILES string of the molecule is CC(C)(C)OC(=O)N1[C@H]2CC[C@@H]1C(C)(C(=O)O)C2(C)C(=O)O. The number of carboxylic acids is 2. The van der Waals surface area contributed by atoms with E-state index in [4.69, 9.17) is 4.74 Å². The lowest BCUT2D eigenvalue weighted by molar-refractivity contribution is -0.172. The van der Waals surface area contributed by atoms with Gasteiger partial charge in [0.1, 0.15) is 16.4 Å². The Bertz CT molecular complexity index is 505. The minimum atomic E-state index is -1.54. The molecule has 2 aliphatic rings. The highest BCUT2D eigenvalue weighted by atomic mass is 16.6. The van der Waals surface area contributed by atoms with E-state index in [0.29, 0.717) is 12.8 Å². The van der Waals surface area contributed by atoms with Crippen LogP contribution >= 0.6 is 0 Å². The minimum absolute atomic E-state index is 0.468. The minimum Gasteiger partial charge on any atom is -0.481 e. The van der Waals surface area contributed by atoms with Crippen LogP contribution in [0.4, 0.5) is 4.79 Å². The molecule has 0 aliphatic carbocycles. The van der Waals surface area contributed by atoms with Gasteiger partial charge in [0, 0.05) is 0 Å². The summed E-state index contributed by atoms with van der Waals surface area (Å²) in [4.78, 5) is 37.5. The molecule has 2 rings (SSSR count).